The van der Waals surface area contributed by atoms with Crippen molar-refractivity contribution >= 4 is 21.6 Å². The highest BCUT2D eigenvalue weighted by Crippen LogP contribution is 2.24. The second-order valence-electron chi connectivity index (χ2n) is 6.23. The van der Waals surface area contributed by atoms with E-state index in [1.54, 1.807) is 6.20 Å². The highest BCUT2D eigenvalue weighted by Gasteiger charge is 2.21. The fourth-order valence-corrected chi connectivity index (χ4v) is 3.21. The Kier molecular flexibility index (Phi) is 5.81. The molecule has 0 spiro atoms. The molecule has 0 unspecified atom stereocenters. The van der Waals surface area contributed by atoms with E-state index in [1.165, 1.54) is 17.5 Å². The second-order valence-corrected chi connectivity index (χ2v) is 7.03. The van der Waals surface area contributed by atoms with Crippen LogP contribution in [0.3, 0.4) is 0 Å². The predicted octanol–water partition coefficient (Wildman–Crippen LogP) is 2.60. The molecule has 1 fully saturated rings. The minimum Gasteiger partial charge on any atom is -0.380 e. The molecule has 1 saturated carbocycles. The molecule has 0 bridgehead atoms. The first-order valence-corrected chi connectivity index (χ1v) is 8.50. The van der Waals surface area contributed by atoms with E-state index < -0.39 is 0 Å². The van der Waals surface area contributed by atoms with Gasteiger partial charge in [0.15, 0.2) is 0 Å². The molecular formula is C15H25BrN4O. The van der Waals surface area contributed by atoms with Crippen LogP contribution in [0.1, 0.15) is 39.5 Å². The number of nitrogens with zero attached hydrogens (tertiary/aromatic N) is 2. The lowest BCUT2D eigenvalue weighted by Crippen LogP contribution is -2.35. The normalized spacial score (nSPS) is 22.5. The van der Waals surface area contributed by atoms with Crippen LogP contribution in [0.4, 0.5) is 5.69 Å². The molecule has 1 heterocycles. The standard InChI is InChI=1S/C15H25BrN4O/c1-10(2)9-20-15(21)14(16)13(8-18-20)19-12-6-4-11(17-3)5-7-12/h8,10-12,17,19H,4-7,9H2,1-3H3. The smallest absolute Gasteiger partial charge is 0.283 e. The van der Waals surface area contributed by atoms with Crippen LogP contribution < -0.4 is 16.2 Å². The number of halogens is 1. The summed E-state index contributed by atoms with van der Waals surface area (Å²) < 4.78 is 2.12. The summed E-state index contributed by atoms with van der Waals surface area (Å²) in [6.45, 7) is 4.80. The molecule has 5 nitrogen and oxygen atoms in total. The molecule has 118 valence electrons. The molecule has 0 saturated heterocycles. The van der Waals surface area contributed by atoms with Gasteiger partial charge in [-0.1, -0.05) is 13.8 Å². The maximum Gasteiger partial charge on any atom is 0.283 e. The van der Waals surface area contributed by atoms with Gasteiger partial charge < -0.3 is 10.6 Å². The molecule has 6 heteroatoms. The van der Waals surface area contributed by atoms with Gasteiger partial charge in [0.1, 0.15) is 4.47 Å². The van der Waals surface area contributed by atoms with Crippen molar-refractivity contribution in [2.24, 2.45) is 5.92 Å². The van der Waals surface area contributed by atoms with E-state index in [9.17, 15) is 4.79 Å². The van der Waals surface area contributed by atoms with Crippen molar-refractivity contribution in [2.75, 3.05) is 12.4 Å². The van der Waals surface area contributed by atoms with Crippen LogP contribution in [-0.4, -0.2) is 28.9 Å². The van der Waals surface area contributed by atoms with E-state index in [4.69, 9.17) is 0 Å². The minimum atomic E-state index is -0.0578. The molecular weight excluding hydrogens is 332 g/mol. The largest absolute Gasteiger partial charge is 0.380 e. The number of hydrogen-bond donors (Lipinski definition) is 2. The van der Waals surface area contributed by atoms with Gasteiger partial charge in [-0.05, 0) is 54.6 Å². The summed E-state index contributed by atoms with van der Waals surface area (Å²) in [5.74, 6) is 0.401. The number of rotatable bonds is 5. The average molecular weight is 357 g/mol. The lowest BCUT2D eigenvalue weighted by Gasteiger charge is -2.29. The Bertz CT molecular complexity index is 521. The highest BCUT2D eigenvalue weighted by atomic mass is 79.9. The zero-order valence-electron chi connectivity index (χ0n) is 13.0. The Morgan fingerprint density at radius 2 is 1.95 bits per heavy atom. The summed E-state index contributed by atoms with van der Waals surface area (Å²) in [4.78, 5) is 12.3. The summed E-state index contributed by atoms with van der Waals surface area (Å²) in [6.07, 6.45) is 6.34. The van der Waals surface area contributed by atoms with E-state index in [1.807, 2.05) is 7.05 Å². The van der Waals surface area contributed by atoms with Gasteiger partial charge >= 0.3 is 0 Å². The van der Waals surface area contributed by atoms with Crippen molar-refractivity contribution in [3.05, 3.63) is 21.0 Å². The average Bonchev–Trinajstić information content (AvgIpc) is 2.47. The Hall–Kier alpha value is -0.880. The summed E-state index contributed by atoms with van der Waals surface area (Å²) in [6, 6.07) is 1.05. The second kappa shape index (κ2) is 7.40. The van der Waals surface area contributed by atoms with Gasteiger partial charge in [-0.3, -0.25) is 4.79 Å². The van der Waals surface area contributed by atoms with E-state index >= 15 is 0 Å². The number of aromatic nitrogens is 2. The molecule has 21 heavy (non-hydrogen) atoms. The van der Waals surface area contributed by atoms with Gasteiger partial charge in [0.25, 0.3) is 5.56 Å². The molecule has 0 amide bonds. The molecule has 0 atom stereocenters. The topological polar surface area (TPSA) is 59.0 Å². The lowest BCUT2D eigenvalue weighted by atomic mass is 9.91. The maximum atomic E-state index is 12.3. The molecule has 1 aromatic heterocycles. The summed E-state index contributed by atoms with van der Waals surface area (Å²) in [5, 5.41) is 11.1. The van der Waals surface area contributed by atoms with E-state index in [2.05, 4.69) is 45.5 Å². The summed E-state index contributed by atoms with van der Waals surface area (Å²) in [5.41, 5.74) is 0.755. The van der Waals surface area contributed by atoms with Gasteiger partial charge in [-0.2, -0.15) is 5.10 Å². The highest BCUT2D eigenvalue weighted by molar-refractivity contribution is 9.10. The number of nitrogens with one attached hydrogen (secondary N) is 2. The SMILES string of the molecule is CNC1CCC(Nc2cnn(CC(C)C)c(=O)c2Br)CC1. The first kappa shape index (κ1) is 16.5. The van der Waals surface area contributed by atoms with Gasteiger partial charge in [0, 0.05) is 18.6 Å². The molecule has 0 aliphatic heterocycles. The first-order chi connectivity index (χ1) is 10.0. The lowest BCUT2D eigenvalue weighted by molar-refractivity contribution is 0.371. The monoisotopic (exact) mass is 356 g/mol. The fourth-order valence-electron chi connectivity index (χ4n) is 2.79. The molecule has 1 aliphatic rings. The van der Waals surface area contributed by atoms with Crippen molar-refractivity contribution in [2.45, 2.75) is 58.2 Å². The van der Waals surface area contributed by atoms with E-state index in [-0.39, 0.29) is 5.56 Å². The molecule has 2 N–H and O–H groups in total. The van der Waals surface area contributed by atoms with E-state index in [0.717, 1.165) is 18.5 Å². The van der Waals surface area contributed by atoms with Gasteiger partial charge in [0.05, 0.1) is 11.9 Å². The van der Waals surface area contributed by atoms with Gasteiger partial charge in [-0.25, -0.2) is 4.68 Å². The Labute approximate surface area is 134 Å². The zero-order chi connectivity index (χ0) is 15.4. The van der Waals surface area contributed by atoms with Gasteiger partial charge in [-0.15, -0.1) is 0 Å². The van der Waals surface area contributed by atoms with Crippen LogP contribution >= 0.6 is 15.9 Å². The third-order valence-corrected chi connectivity index (χ3v) is 4.78. The zero-order valence-corrected chi connectivity index (χ0v) is 14.6. The Morgan fingerprint density at radius 1 is 1.33 bits per heavy atom. The van der Waals surface area contributed by atoms with Crippen LogP contribution in [0, 0.1) is 5.92 Å². The minimum absolute atomic E-state index is 0.0578. The summed E-state index contributed by atoms with van der Waals surface area (Å²) >= 11 is 3.43. The van der Waals surface area contributed by atoms with Crippen LogP contribution in [0.5, 0.6) is 0 Å². The van der Waals surface area contributed by atoms with Crippen LogP contribution in [-0.2, 0) is 6.54 Å². The maximum absolute atomic E-state index is 12.3. The van der Waals surface area contributed by atoms with E-state index in [0.29, 0.717) is 29.0 Å². The third kappa shape index (κ3) is 4.30. The van der Waals surface area contributed by atoms with Crippen molar-refractivity contribution in [3.63, 3.8) is 0 Å². The summed E-state index contributed by atoms with van der Waals surface area (Å²) in [7, 11) is 2.02. The molecule has 1 aromatic rings. The Morgan fingerprint density at radius 3 is 2.52 bits per heavy atom. The predicted molar refractivity (Wildman–Crippen MR) is 89.8 cm³/mol. The van der Waals surface area contributed by atoms with Crippen LogP contribution in [0.25, 0.3) is 0 Å². The van der Waals surface area contributed by atoms with Crippen LogP contribution in [0.15, 0.2) is 15.5 Å². The number of hydrogen-bond acceptors (Lipinski definition) is 4. The third-order valence-electron chi connectivity index (χ3n) is 4.02. The van der Waals surface area contributed by atoms with Crippen LogP contribution in [0.2, 0.25) is 0 Å². The van der Waals surface area contributed by atoms with Crippen molar-refractivity contribution in [3.8, 4) is 0 Å². The molecule has 1 aliphatic carbocycles. The van der Waals surface area contributed by atoms with Gasteiger partial charge in [0.2, 0.25) is 0 Å². The molecule has 2 rings (SSSR count). The molecule has 0 radical (unpaired) electrons. The molecule has 0 aromatic carbocycles. The first-order valence-electron chi connectivity index (χ1n) is 7.70. The van der Waals surface area contributed by atoms with Crippen molar-refractivity contribution in [1.29, 1.82) is 0 Å². The Balaban J connectivity index is 2.04. The fraction of sp³-hybridized carbons (Fsp3) is 0.733. The quantitative estimate of drug-likeness (QED) is 0.851. The van der Waals surface area contributed by atoms with Crippen molar-refractivity contribution in [1.82, 2.24) is 15.1 Å². The number of anilines is 1. The van der Waals surface area contributed by atoms with Crippen molar-refractivity contribution < 1.29 is 0 Å².